The summed E-state index contributed by atoms with van der Waals surface area (Å²) in [6.07, 6.45) is -0.244. The lowest BCUT2D eigenvalue weighted by Gasteiger charge is -2.07. The first-order valence-corrected chi connectivity index (χ1v) is 5.11. The minimum absolute atomic E-state index is 0.0491. The zero-order valence-electron chi connectivity index (χ0n) is 9.47. The predicted molar refractivity (Wildman–Crippen MR) is 60.1 cm³/mol. The van der Waals surface area contributed by atoms with Crippen LogP contribution >= 0.6 is 0 Å². The second-order valence-electron chi connectivity index (χ2n) is 3.50. The summed E-state index contributed by atoms with van der Waals surface area (Å²) in [4.78, 5) is 22.0. The van der Waals surface area contributed by atoms with Crippen molar-refractivity contribution in [3.63, 3.8) is 0 Å². The van der Waals surface area contributed by atoms with Crippen LogP contribution in [0.25, 0.3) is 0 Å². The van der Waals surface area contributed by atoms with Gasteiger partial charge in [0, 0.05) is 17.5 Å². The van der Waals surface area contributed by atoms with Crippen LogP contribution in [0, 0.1) is 0 Å². The number of ketones is 1. The molecule has 0 radical (unpaired) electrons. The Balaban J connectivity index is 2.84. The number of ether oxygens (including phenoxy) is 1. The number of carbonyl (C=O) groups excluding carboxylic acids is 1. The van der Waals surface area contributed by atoms with Crippen molar-refractivity contribution < 1.29 is 24.5 Å². The molecular weight excluding hydrogens is 224 g/mol. The zero-order valence-corrected chi connectivity index (χ0v) is 9.47. The third-order valence-corrected chi connectivity index (χ3v) is 2.34. The molecule has 0 saturated heterocycles. The number of carboxylic acid groups (broad SMARTS) is 1. The Morgan fingerprint density at radius 1 is 1.29 bits per heavy atom. The maximum atomic E-state index is 11.6. The van der Waals surface area contributed by atoms with E-state index in [0.29, 0.717) is 16.9 Å². The first-order valence-electron chi connectivity index (χ1n) is 5.11. The number of aliphatic hydroxyl groups excluding tert-OH is 1. The third kappa shape index (κ3) is 3.57. The number of carboxylic acids is 1. The van der Waals surface area contributed by atoms with Gasteiger partial charge in [0.25, 0.3) is 0 Å². The number of methoxy groups -OCH3 is 1. The highest BCUT2D eigenvalue weighted by Crippen LogP contribution is 2.20. The summed E-state index contributed by atoms with van der Waals surface area (Å²) in [7, 11) is 1.47. The molecule has 0 aliphatic heterocycles. The fourth-order valence-electron chi connectivity index (χ4n) is 1.44. The zero-order chi connectivity index (χ0) is 12.8. The molecule has 0 amide bonds. The van der Waals surface area contributed by atoms with E-state index in [9.17, 15) is 9.59 Å². The highest BCUT2D eigenvalue weighted by Gasteiger charge is 2.11. The van der Waals surface area contributed by atoms with Crippen molar-refractivity contribution >= 4 is 11.8 Å². The van der Waals surface area contributed by atoms with Gasteiger partial charge in [0.15, 0.2) is 5.78 Å². The largest absolute Gasteiger partial charge is 0.496 e. The van der Waals surface area contributed by atoms with Gasteiger partial charge in [0.1, 0.15) is 5.75 Å². The predicted octanol–water partition coefficient (Wildman–Crippen LogP) is 1.23. The van der Waals surface area contributed by atoms with Gasteiger partial charge in [0.2, 0.25) is 0 Å². The molecule has 5 heteroatoms. The van der Waals surface area contributed by atoms with Crippen molar-refractivity contribution in [2.45, 2.75) is 19.4 Å². The summed E-state index contributed by atoms with van der Waals surface area (Å²) in [5.74, 6) is -0.763. The smallest absolute Gasteiger partial charge is 0.303 e. The molecule has 0 saturated carbocycles. The number of rotatable bonds is 6. The number of hydrogen-bond donors (Lipinski definition) is 2. The number of aliphatic carboxylic acids is 1. The van der Waals surface area contributed by atoms with Crippen molar-refractivity contribution in [3.05, 3.63) is 29.3 Å². The van der Waals surface area contributed by atoms with Crippen LogP contribution < -0.4 is 4.74 Å². The fourth-order valence-corrected chi connectivity index (χ4v) is 1.44. The Morgan fingerprint density at radius 3 is 2.53 bits per heavy atom. The number of carbonyl (C=O) groups is 2. The summed E-state index contributed by atoms with van der Waals surface area (Å²) in [6.45, 7) is -0.233. The number of hydrogen-bond acceptors (Lipinski definition) is 4. The maximum Gasteiger partial charge on any atom is 0.303 e. The minimum Gasteiger partial charge on any atom is -0.496 e. The molecule has 0 aliphatic carbocycles. The van der Waals surface area contributed by atoms with Gasteiger partial charge < -0.3 is 14.9 Å². The van der Waals surface area contributed by atoms with E-state index in [1.165, 1.54) is 13.2 Å². The van der Waals surface area contributed by atoms with E-state index in [1.54, 1.807) is 12.1 Å². The molecule has 0 unspecified atom stereocenters. The average molecular weight is 238 g/mol. The van der Waals surface area contributed by atoms with E-state index in [0.717, 1.165) is 0 Å². The molecular formula is C12H14O5. The normalized spacial score (nSPS) is 10.0. The molecule has 0 aromatic heterocycles. The summed E-state index contributed by atoms with van der Waals surface area (Å²) < 4.78 is 5.00. The van der Waals surface area contributed by atoms with Crippen LogP contribution in [0.4, 0.5) is 0 Å². The van der Waals surface area contributed by atoms with Gasteiger partial charge in [-0.05, 0) is 18.2 Å². The fraction of sp³-hybridized carbons (Fsp3) is 0.333. The molecule has 1 rings (SSSR count). The molecule has 0 bridgehead atoms. The Labute approximate surface area is 98.6 Å². The molecule has 0 spiro atoms. The lowest BCUT2D eigenvalue weighted by Crippen LogP contribution is -2.05. The first kappa shape index (κ1) is 13.2. The van der Waals surface area contributed by atoms with Crippen LogP contribution in [0.3, 0.4) is 0 Å². The average Bonchev–Trinajstić information content (AvgIpc) is 2.34. The van der Waals surface area contributed by atoms with Crippen LogP contribution in [0.5, 0.6) is 5.75 Å². The van der Waals surface area contributed by atoms with Gasteiger partial charge in [-0.15, -0.1) is 0 Å². The quantitative estimate of drug-likeness (QED) is 0.728. The minimum atomic E-state index is -1.01. The van der Waals surface area contributed by atoms with Crippen LogP contribution in [0.1, 0.15) is 28.8 Å². The van der Waals surface area contributed by atoms with Gasteiger partial charge in [-0.3, -0.25) is 9.59 Å². The van der Waals surface area contributed by atoms with E-state index < -0.39 is 5.97 Å². The lowest BCUT2D eigenvalue weighted by molar-refractivity contribution is -0.136. The van der Waals surface area contributed by atoms with E-state index in [1.807, 2.05) is 0 Å². The van der Waals surface area contributed by atoms with Gasteiger partial charge in [0.05, 0.1) is 20.1 Å². The Hall–Kier alpha value is -1.88. The topological polar surface area (TPSA) is 83.8 Å². The second-order valence-corrected chi connectivity index (χ2v) is 3.50. The monoisotopic (exact) mass is 238 g/mol. The van der Waals surface area contributed by atoms with Crippen molar-refractivity contribution in [3.8, 4) is 5.75 Å². The summed E-state index contributed by atoms with van der Waals surface area (Å²) in [5.41, 5.74) is 0.893. The standard InChI is InChI=1S/C12H14O5/c1-17-11-4-2-8(6-9(11)7-13)10(14)3-5-12(15)16/h2,4,6,13H,3,5,7H2,1H3,(H,15,16). The molecule has 0 aliphatic rings. The highest BCUT2D eigenvalue weighted by molar-refractivity contribution is 5.97. The Morgan fingerprint density at radius 2 is 2.00 bits per heavy atom. The second kappa shape index (κ2) is 6.00. The van der Waals surface area contributed by atoms with E-state index in [2.05, 4.69) is 0 Å². The summed E-state index contributed by atoms with van der Waals surface area (Å²) in [6, 6.07) is 4.66. The van der Waals surface area contributed by atoms with E-state index in [-0.39, 0.29) is 25.2 Å². The van der Waals surface area contributed by atoms with Gasteiger partial charge in [-0.1, -0.05) is 0 Å². The SMILES string of the molecule is COc1ccc(C(=O)CCC(=O)O)cc1CO. The summed E-state index contributed by atoms with van der Waals surface area (Å²) >= 11 is 0. The van der Waals surface area contributed by atoms with Crippen molar-refractivity contribution in [2.75, 3.05) is 7.11 Å². The molecule has 5 nitrogen and oxygen atoms in total. The lowest BCUT2D eigenvalue weighted by atomic mass is 10.0. The molecule has 1 aromatic carbocycles. The van der Waals surface area contributed by atoms with Crippen molar-refractivity contribution in [2.24, 2.45) is 0 Å². The Kier molecular flexibility index (Phi) is 4.66. The van der Waals surface area contributed by atoms with Crippen LogP contribution in [0.15, 0.2) is 18.2 Å². The van der Waals surface area contributed by atoms with Crippen molar-refractivity contribution in [1.29, 1.82) is 0 Å². The molecule has 0 atom stereocenters. The first-order chi connectivity index (χ1) is 8.08. The van der Waals surface area contributed by atoms with E-state index in [4.69, 9.17) is 14.9 Å². The van der Waals surface area contributed by atoms with Gasteiger partial charge in [-0.25, -0.2) is 0 Å². The molecule has 1 aromatic rings. The van der Waals surface area contributed by atoms with Crippen LogP contribution in [-0.2, 0) is 11.4 Å². The Bertz CT molecular complexity index is 425. The van der Waals surface area contributed by atoms with Crippen molar-refractivity contribution in [1.82, 2.24) is 0 Å². The number of benzene rings is 1. The number of aliphatic hydroxyl groups is 1. The molecule has 2 N–H and O–H groups in total. The number of Topliss-reactive ketones (excluding diaryl/α,β-unsaturated/α-hetero) is 1. The van der Waals surface area contributed by atoms with Gasteiger partial charge >= 0.3 is 5.97 Å². The third-order valence-electron chi connectivity index (χ3n) is 2.34. The van der Waals surface area contributed by atoms with Crippen LogP contribution in [-0.4, -0.2) is 29.1 Å². The molecule has 92 valence electrons. The van der Waals surface area contributed by atoms with E-state index >= 15 is 0 Å². The summed E-state index contributed by atoms with van der Waals surface area (Å²) in [5, 5.41) is 17.6. The van der Waals surface area contributed by atoms with Crippen LogP contribution in [0.2, 0.25) is 0 Å². The maximum absolute atomic E-state index is 11.6. The molecule has 17 heavy (non-hydrogen) atoms. The molecule has 0 fully saturated rings. The van der Waals surface area contributed by atoms with Gasteiger partial charge in [-0.2, -0.15) is 0 Å². The molecule has 0 heterocycles. The highest BCUT2D eigenvalue weighted by atomic mass is 16.5.